The lowest BCUT2D eigenvalue weighted by Gasteiger charge is -2.54. The lowest BCUT2D eigenvalue weighted by atomic mass is 9.50. The van der Waals surface area contributed by atoms with Gasteiger partial charge in [-0.3, -0.25) is 4.79 Å². The van der Waals surface area contributed by atoms with Crippen LogP contribution in [-0.4, -0.2) is 22.7 Å². The minimum absolute atomic E-state index is 0.0977. The summed E-state index contributed by atoms with van der Waals surface area (Å²) in [5.74, 6) is -0.651. The van der Waals surface area contributed by atoms with Crippen LogP contribution < -0.4 is 0 Å². The Labute approximate surface area is 121 Å². The second-order valence-electron chi connectivity index (χ2n) is 7.02. The Bertz CT molecular complexity index is 558. The van der Waals surface area contributed by atoms with Crippen LogP contribution in [0.15, 0.2) is 11.6 Å². The van der Waals surface area contributed by atoms with Gasteiger partial charge in [0.05, 0.1) is 5.57 Å². The largest absolute Gasteiger partial charge is 0.417 e. The van der Waals surface area contributed by atoms with Crippen LogP contribution in [0, 0.1) is 28.1 Å². The molecule has 1 N–H and O–H groups in total. The van der Waals surface area contributed by atoms with Gasteiger partial charge in [-0.1, -0.05) is 26.8 Å². The van der Waals surface area contributed by atoms with Crippen LogP contribution in [0.3, 0.4) is 0 Å². The zero-order valence-electron chi connectivity index (χ0n) is 12.2. The number of carbonyl (C=O) groups is 1. The molecule has 0 bridgehead atoms. The van der Waals surface area contributed by atoms with E-state index in [2.05, 4.69) is 0 Å². The summed E-state index contributed by atoms with van der Waals surface area (Å²) in [6, 6.07) is 1.78. The number of halogens is 3. The van der Waals surface area contributed by atoms with Gasteiger partial charge in [0.2, 0.25) is 0 Å². The number of hydrogen-bond acceptors (Lipinski definition) is 3. The van der Waals surface area contributed by atoms with Crippen molar-refractivity contribution in [1.29, 1.82) is 5.26 Å². The Hall–Kier alpha value is -1.35. The molecule has 2 aliphatic rings. The highest BCUT2D eigenvalue weighted by Crippen LogP contribution is 2.59. The molecular weight excluding hydrogens is 283 g/mol. The van der Waals surface area contributed by atoms with Gasteiger partial charge in [-0.25, -0.2) is 0 Å². The molecule has 6 heteroatoms. The first kappa shape index (κ1) is 16.0. The van der Waals surface area contributed by atoms with Crippen LogP contribution in [0.25, 0.3) is 0 Å². The molecule has 0 unspecified atom stereocenters. The van der Waals surface area contributed by atoms with Gasteiger partial charge in [-0.15, -0.1) is 0 Å². The van der Waals surface area contributed by atoms with Crippen molar-refractivity contribution < 1.29 is 23.1 Å². The summed E-state index contributed by atoms with van der Waals surface area (Å²) in [6.07, 6.45) is -4.21. The molecule has 0 aromatic heterocycles. The van der Waals surface area contributed by atoms with Gasteiger partial charge in [0.25, 0.3) is 0 Å². The van der Waals surface area contributed by atoms with E-state index in [9.17, 15) is 23.1 Å². The second kappa shape index (κ2) is 4.33. The third-order valence-corrected chi connectivity index (χ3v) is 5.14. The van der Waals surface area contributed by atoms with E-state index >= 15 is 0 Å². The number of Topliss-reactive ketones (excluding diaryl/α,β-unsaturated/α-hetero) is 1. The molecular formula is C15H18F3NO2. The van der Waals surface area contributed by atoms with E-state index < -0.39 is 35.4 Å². The fourth-order valence-electron chi connectivity index (χ4n) is 4.12. The number of alkyl halides is 3. The maximum Gasteiger partial charge on any atom is 0.417 e. The van der Waals surface area contributed by atoms with E-state index in [0.29, 0.717) is 0 Å². The normalized spacial score (nSPS) is 39.2. The van der Waals surface area contributed by atoms with E-state index in [1.54, 1.807) is 26.8 Å². The van der Waals surface area contributed by atoms with Crippen LogP contribution >= 0.6 is 0 Å². The molecule has 0 aliphatic heterocycles. The fraction of sp³-hybridized carbons (Fsp3) is 0.733. The molecule has 3 atom stereocenters. The first-order valence-electron chi connectivity index (χ1n) is 6.84. The molecule has 1 saturated carbocycles. The van der Waals surface area contributed by atoms with E-state index in [0.717, 1.165) is 0 Å². The number of carbonyl (C=O) groups excluding carboxylic acids is 1. The molecule has 0 radical (unpaired) electrons. The summed E-state index contributed by atoms with van der Waals surface area (Å²) in [5, 5.41) is 19.0. The first-order chi connectivity index (χ1) is 9.37. The second-order valence-corrected chi connectivity index (χ2v) is 7.02. The van der Waals surface area contributed by atoms with Crippen molar-refractivity contribution in [2.45, 2.75) is 51.8 Å². The monoisotopic (exact) mass is 301 g/mol. The number of nitrogens with zero attached hydrogens (tertiary/aromatic N) is 1. The number of nitriles is 1. The number of rotatable bonds is 0. The van der Waals surface area contributed by atoms with Crippen molar-refractivity contribution in [2.75, 3.05) is 0 Å². The molecule has 1 fully saturated rings. The molecule has 0 spiro atoms. The maximum atomic E-state index is 13.1. The van der Waals surface area contributed by atoms with Crippen LogP contribution in [0.4, 0.5) is 13.2 Å². The van der Waals surface area contributed by atoms with Crippen molar-refractivity contribution in [3.05, 3.63) is 11.6 Å². The van der Waals surface area contributed by atoms with Gasteiger partial charge >= 0.3 is 6.18 Å². The standard InChI is InChI=1S/C15H18F3NO2/c1-12(2)10-4-5-14(21,15(16,17)18)8-13(10,3)6-9(7-19)11(12)20/h6,10,21H,4-5,8H2,1-3H3/t10-,13-,14+/m1/s1. The van der Waals surface area contributed by atoms with Crippen molar-refractivity contribution >= 4 is 5.78 Å². The topological polar surface area (TPSA) is 61.1 Å². The average molecular weight is 301 g/mol. The van der Waals surface area contributed by atoms with Gasteiger partial charge in [-0.05, 0) is 30.6 Å². The Morgan fingerprint density at radius 2 is 1.95 bits per heavy atom. The summed E-state index contributed by atoms with van der Waals surface area (Å²) in [6.45, 7) is 4.93. The number of allylic oxidation sites excluding steroid dienone is 2. The molecule has 2 rings (SSSR count). The number of aliphatic hydroxyl groups is 1. The summed E-state index contributed by atoms with van der Waals surface area (Å²) in [4.78, 5) is 12.3. The van der Waals surface area contributed by atoms with E-state index in [1.807, 2.05) is 0 Å². The van der Waals surface area contributed by atoms with E-state index in [1.165, 1.54) is 6.08 Å². The number of fused-ring (bicyclic) bond motifs is 1. The highest BCUT2D eigenvalue weighted by atomic mass is 19.4. The predicted octanol–water partition coefficient (Wildman–Crippen LogP) is 3.15. The maximum absolute atomic E-state index is 13.1. The quantitative estimate of drug-likeness (QED) is 0.747. The molecule has 0 saturated heterocycles. The van der Waals surface area contributed by atoms with Crippen LogP contribution in [-0.2, 0) is 4.79 Å². The number of hydrogen-bond donors (Lipinski definition) is 1. The molecule has 2 aliphatic carbocycles. The predicted molar refractivity (Wildman–Crippen MR) is 68.9 cm³/mol. The Balaban J connectivity index is 2.53. The van der Waals surface area contributed by atoms with Gasteiger partial charge in [0.1, 0.15) is 6.07 Å². The van der Waals surface area contributed by atoms with Crippen molar-refractivity contribution in [1.82, 2.24) is 0 Å². The van der Waals surface area contributed by atoms with Crippen molar-refractivity contribution in [3.8, 4) is 6.07 Å². The van der Waals surface area contributed by atoms with Gasteiger partial charge in [0, 0.05) is 5.41 Å². The first-order valence-corrected chi connectivity index (χ1v) is 6.84. The van der Waals surface area contributed by atoms with Gasteiger partial charge < -0.3 is 5.11 Å². The zero-order chi connectivity index (χ0) is 16.3. The lowest BCUT2D eigenvalue weighted by molar-refractivity contribution is -0.284. The van der Waals surface area contributed by atoms with Crippen molar-refractivity contribution in [3.63, 3.8) is 0 Å². The minimum atomic E-state index is -4.72. The van der Waals surface area contributed by atoms with E-state index in [4.69, 9.17) is 5.26 Å². The molecule has 21 heavy (non-hydrogen) atoms. The molecule has 0 aromatic carbocycles. The Morgan fingerprint density at radius 3 is 2.43 bits per heavy atom. The minimum Gasteiger partial charge on any atom is -0.380 e. The summed E-state index contributed by atoms with van der Waals surface area (Å²) in [5.41, 5.74) is -4.79. The summed E-state index contributed by atoms with van der Waals surface area (Å²) >= 11 is 0. The van der Waals surface area contributed by atoms with Gasteiger partial charge in [0.15, 0.2) is 11.4 Å². The van der Waals surface area contributed by atoms with Crippen LogP contribution in [0.5, 0.6) is 0 Å². The van der Waals surface area contributed by atoms with Crippen molar-refractivity contribution in [2.24, 2.45) is 16.7 Å². The fourth-order valence-corrected chi connectivity index (χ4v) is 4.12. The molecule has 3 nitrogen and oxygen atoms in total. The summed E-state index contributed by atoms with van der Waals surface area (Å²) in [7, 11) is 0. The Kier molecular flexibility index (Phi) is 3.30. The third kappa shape index (κ3) is 2.18. The Morgan fingerprint density at radius 1 is 1.38 bits per heavy atom. The highest BCUT2D eigenvalue weighted by Gasteiger charge is 2.63. The van der Waals surface area contributed by atoms with Crippen LogP contribution in [0.2, 0.25) is 0 Å². The smallest absolute Gasteiger partial charge is 0.380 e. The molecule has 0 heterocycles. The third-order valence-electron chi connectivity index (χ3n) is 5.14. The molecule has 116 valence electrons. The lowest BCUT2D eigenvalue weighted by Crippen LogP contribution is -2.58. The SMILES string of the molecule is CC1(C)C(=O)C(C#N)=C[C@]2(C)C[C@](O)(C(F)(F)F)CC[C@H]12. The van der Waals surface area contributed by atoms with E-state index in [-0.39, 0.29) is 23.7 Å². The number of ketones is 1. The highest BCUT2D eigenvalue weighted by molar-refractivity contribution is 6.04. The molecule has 0 aromatic rings. The average Bonchev–Trinajstić information content (AvgIpc) is 2.32. The molecule has 0 amide bonds. The van der Waals surface area contributed by atoms with Crippen LogP contribution in [0.1, 0.15) is 40.0 Å². The summed E-state index contributed by atoms with van der Waals surface area (Å²) < 4.78 is 39.3. The van der Waals surface area contributed by atoms with Gasteiger partial charge in [-0.2, -0.15) is 18.4 Å². The zero-order valence-corrected chi connectivity index (χ0v) is 12.2.